The van der Waals surface area contributed by atoms with Crippen molar-refractivity contribution in [1.82, 2.24) is 19.3 Å². The maximum atomic E-state index is 13.4. The minimum absolute atomic E-state index is 0.0442. The highest BCUT2D eigenvalue weighted by Crippen LogP contribution is 2.20. The van der Waals surface area contributed by atoms with Gasteiger partial charge in [-0.25, -0.2) is 9.36 Å². The summed E-state index contributed by atoms with van der Waals surface area (Å²) in [5, 5.41) is 5.86. The van der Waals surface area contributed by atoms with Crippen LogP contribution in [0, 0.1) is 0 Å². The second-order valence-corrected chi connectivity index (χ2v) is 8.32. The minimum Gasteiger partial charge on any atom is -0.497 e. The highest BCUT2D eigenvalue weighted by Gasteiger charge is 2.18. The molecule has 9 heteroatoms. The molecule has 2 aromatic carbocycles. The Bertz CT molecular complexity index is 1540. The van der Waals surface area contributed by atoms with Crippen molar-refractivity contribution < 1.29 is 9.26 Å². The van der Waals surface area contributed by atoms with E-state index in [2.05, 4.69) is 17.1 Å². The van der Waals surface area contributed by atoms with Crippen LogP contribution >= 0.6 is 11.3 Å². The standard InChI is InChI=1S/C24H20N4O4S/c1-3-15-4-6-16(7-5-15)22-25-20(32-26-22)14-27-19-12-13-33-21(19)23(29)28(24(27)30)17-8-10-18(31-2)11-9-17/h4-13H,3,14H2,1-2H3. The molecule has 0 fully saturated rings. The summed E-state index contributed by atoms with van der Waals surface area (Å²) in [5.74, 6) is 1.36. The van der Waals surface area contributed by atoms with Crippen molar-refractivity contribution in [1.29, 1.82) is 0 Å². The molecule has 166 valence electrons. The zero-order valence-corrected chi connectivity index (χ0v) is 18.8. The number of nitrogens with zero attached hydrogens (tertiary/aromatic N) is 4. The fraction of sp³-hybridized carbons (Fsp3) is 0.167. The molecule has 3 heterocycles. The monoisotopic (exact) mass is 460 g/mol. The Morgan fingerprint density at radius 2 is 1.79 bits per heavy atom. The number of rotatable bonds is 6. The summed E-state index contributed by atoms with van der Waals surface area (Å²) in [6, 6.07) is 16.5. The molecule has 3 aromatic heterocycles. The summed E-state index contributed by atoms with van der Waals surface area (Å²) in [5.41, 5.74) is 2.19. The summed E-state index contributed by atoms with van der Waals surface area (Å²) in [6.07, 6.45) is 0.946. The lowest BCUT2D eigenvalue weighted by Gasteiger charge is -2.11. The van der Waals surface area contributed by atoms with Gasteiger partial charge in [-0.2, -0.15) is 4.98 Å². The molecule has 33 heavy (non-hydrogen) atoms. The molecule has 5 aromatic rings. The van der Waals surface area contributed by atoms with Crippen LogP contribution in [0.1, 0.15) is 18.4 Å². The molecule has 0 radical (unpaired) electrons. The molecular weight excluding hydrogens is 440 g/mol. The van der Waals surface area contributed by atoms with Crippen LogP contribution in [0.4, 0.5) is 0 Å². The predicted molar refractivity (Wildman–Crippen MR) is 126 cm³/mol. The fourth-order valence-electron chi connectivity index (χ4n) is 3.66. The van der Waals surface area contributed by atoms with Gasteiger partial charge in [0.15, 0.2) is 0 Å². The second-order valence-electron chi connectivity index (χ2n) is 7.40. The van der Waals surface area contributed by atoms with Crippen LogP contribution in [0.5, 0.6) is 5.75 Å². The molecule has 0 aliphatic heterocycles. The Morgan fingerprint density at radius 1 is 1.03 bits per heavy atom. The number of benzene rings is 2. The van der Waals surface area contributed by atoms with E-state index in [9.17, 15) is 9.59 Å². The lowest BCUT2D eigenvalue weighted by Crippen LogP contribution is -2.38. The number of ether oxygens (including phenoxy) is 1. The third-order valence-corrected chi connectivity index (χ3v) is 6.36. The van der Waals surface area contributed by atoms with Gasteiger partial charge in [-0.15, -0.1) is 11.3 Å². The summed E-state index contributed by atoms with van der Waals surface area (Å²) < 4.78 is 13.7. The molecule has 0 aliphatic rings. The van der Waals surface area contributed by atoms with Crippen molar-refractivity contribution in [2.75, 3.05) is 7.11 Å². The zero-order valence-electron chi connectivity index (χ0n) is 18.0. The first kappa shape index (κ1) is 20.9. The number of aromatic nitrogens is 4. The van der Waals surface area contributed by atoms with Crippen molar-refractivity contribution in [3.63, 3.8) is 0 Å². The fourth-order valence-corrected chi connectivity index (χ4v) is 4.48. The van der Waals surface area contributed by atoms with Crippen molar-refractivity contribution in [3.05, 3.63) is 92.3 Å². The van der Waals surface area contributed by atoms with Crippen LogP contribution in [0.25, 0.3) is 27.3 Å². The Balaban J connectivity index is 1.57. The normalized spacial score (nSPS) is 11.2. The summed E-state index contributed by atoms with van der Waals surface area (Å²) >= 11 is 1.28. The molecule has 0 amide bonds. The predicted octanol–water partition coefficient (Wildman–Crippen LogP) is 3.88. The third-order valence-electron chi connectivity index (χ3n) is 5.47. The van der Waals surface area contributed by atoms with Gasteiger partial charge in [0.05, 0.1) is 18.3 Å². The van der Waals surface area contributed by atoms with Gasteiger partial charge in [0, 0.05) is 5.56 Å². The molecule has 0 saturated carbocycles. The minimum atomic E-state index is -0.483. The van der Waals surface area contributed by atoms with E-state index >= 15 is 0 Å². The van der Waals surface area contributed by atoms with Crippen LogP contribution < -0.4 is 16.0 Å². The smallest absolute Gasteiger partial charge is 0.336 e. The van der Waals surface area contributed by atoms with Crippen molar-refractivity contribution in [2.24, 2.45) is 0 Å². The Kier molecular flexibility index (Phi) is 5.39. The van der Waals surface area contributed by atoms with E-state index < -0.39 is 5.69 Å². The highest BCUT2D eigenvalue weighted by atomic mass is 32.1. The first-order valence-corrected chi connectivity index (χ1v) is 11.3. The molecular formula is C24H20N4O4S. The van der Waals surface area contributed by atoms with Gasteiger partial charge in [0.1, 0.15) is 17.0 Å². The lowest BCUT2D eigenvalue weighted by molar-refractivity contribution is 0.370. The number of fused-ring (bicyclic) bond motifs is 1. The molecule has 8 nitrogen and oxygen atoms in total. The zero-order chi connectivity index (χ0) is 22.9. The van der Waals surface area contributed by atoms with Crippen LogP contribution in [-0.2, 0) is 13.0 Å². The van der Waals surface area contributed by atoms with Gasteiger partial charge >= 0.3 is 5.69 Å². The summed E-state index contributed by atoms with van der Waals surface area (Å²) in [7, 11) is 1.56. The Hall–Kier alpha value is -3.98. The third kappa shape index (κ3) is 3.76. The second kappa shape index (κ2) is 8.51. The average Bonchev–Trinajstić information content (AvgIpc) is 3.52. The van der Waals surface area contributed by atoms with Crippen LogP contribution in [0.15, 0.2) is 74.1 Å². The van der Waals surface area contributed by atoms with Gasteiger partial charge in [-0.1, -0.05) is 36.3 Å². The van der Waals surface area contributed by atoms with Crippen molar-refractivity contribution in [2.45, 2.75) is 19.9 Å². The van der Waals surface area contributed by atoms with E-state index in [0.717, 1.165) is 16.6 Å². The topological polar surface area (TPSA) is 92.1 Å². The van der Waals surface area contributed by atoms with Gasteiger partial charge in [-0.3, -0.25) is 9.36 Å². The largest absolute Gasteiger partial charge is 0.497 e. The van der Waals surface area contributed by atoms with Crippen LogP contribution in [0.3, 0.4) is 0 Å². The van der Waals surface area contributed by atoms with E-state index in [0.29, 0.717) is 27.5 Å². The van der Waals surface area contributed by atoms with Crippen molar-refractivity contribution in [3.8, 4) is 22.8 Å². The van der Waals surface area contributed by atoms with E-state index in [1.165, 1.54) is 21.5 Å². The molecule has 5 rings (SSSR count). The number of hydrogen-bond acceptors (Lipinski definition) is 7. The molecule has 0 spiro atoms. The average molecular weight is 461 g/mol. The quantitative estimate of drug-likeness (QED) is 0.382. The van der Waals surface area contributed by atoms with Gasteiger partial charge in [-0.05, 0) is 47.7 Å². The number of aryl methyl sites for hydroxylation is 1. The van der Waals surface area contributed by atoms with Gasteiger partial charge in [0.25, 0.3) is 5.56 Å². The Labute approximate surface area is 192 Å². The molecule has 0 saturated heterocycles. The summed E-state index contributed by atoms with van der Waals surface area (Å²) in [6.45, 7) is 2.14. The molecule has 0 atom stereocenters. The molecule has 0 unspecified atom stereocenters. The maximum absolute atomic E-state index is 13.4. The SMILES string of the molecule is CCc1ccc(-c2noc(Cn3c(=O)n(-c4ccc(OC)cc4)c(=O)c4sccc43)n2)cc1. The van der Waals surface area contributed by atoms with E-state index in [-0.39, 0.29) is 18.0 Å². The van der Waals surface area contributed by atoms with Gasteiger partial charge < -0.3 is 9.26 Å². The number of methoxy groups -OCH3 is 1. The molecule has 0 bridgehead atoms. The summed E-state index contributed by atoms with van der Waals surface area (Å²) in [4.78, 5) is 31.0. The lowest BCUT2D eigenvalue weighted by atomic mass is 10.1. The first-order valence-electron chi connectivity index (χ1n) is 10.4. The number of hydrogen-bond donors (Lipinski definition) is 0. The van der Waals surface area contributed by atoms with Crippen molar-refractivity contribution >= 4 is 21.6 Å². The number of thiophene rings is 1. The Morgan fingerprint density at radius 3 is 2.48 bits per heavy atom. The van der Waals surface area contributed by atoms with Crippen LogP contribution in [-0.4, -0.2) is 26.4 Å². The van der Waals surface area contributed by atoms with E-state index in [4.69, 9.17) is 9.26 Å². The molecule has 0 aliphatic carbocycles. The van der Waals surface area contributed by atoms with E-state index in [1.54, 1.807) is 42.8 Å². The molecule has 0 N–H and O–H groups in total. The van der Waals surface area contributed by atoms with Gasteiger partial charge in [0.2, 0.25) is 11.7 Å². The van der Waals surface area contributed by atoms with Crippen LogP contribution in [0.2, 0.25) is 0 Å². The first-order chi connectivity index (χ1) is 16.1. The maximum Gasteiger partial charge on any atom is 0.336 e. The highest BCUT2D eigenvalue weighted by molar-refractivity contribution is 7.17. The van der Waals surface area contributed by atoms with E-state index in [1.807, 2.05) is 24.3 Å².